The molecule has 0 heterocycles. The van der Waals surface area contributed by atoms with Gasteiger partial charge in [0.25, 0.3) is 0 Å². The number of aliphatic hydroxyl groups is 1. The lowest BCUT2D eigenvalue weighted by atomic mass is 10.0. The zero-order valence-corrected chi connectivity index (χ0v) is 13.2. The number of benzene rings is 2. The van der Waals surface area contributed by atoms with E-state index in [1.165, 1.54) is 25.1 Å². The Bertz CT molecular complexity index is 765. The van der Waals surface area contributed by atoms with Crippen LogP contribution in [0.2, 0.25) is 0 Å². The summed E-state index contributed by atoms with van der Waals surface area (Å²) in [6, 6.07) is 10.7. The van der Waals surface area contributed by atoms with Crippen LogP contribution in [-0.2, 0) is 4.79 Å². The highest BCUT2D eigenvalue weighted by Crippen LogP contribution is 2.28. The molecule has 0 saturated heterocycles. The average Bonchev–Trinajstić information content (AvgIpc) is 2.55. The number of hydrogen-bond donors (Lipinski definition) is 1. The molecule has 2 aromatic rings. The average molecular weight is 328 g/mol. The van der Waals surface area contributed by atoms with E-state index in [4.69, 9.17) is 9.47 Å². The van der Waals surface area contributed by atoms with E-state index in [1.807, 2.05) is 0 Å². The predicted octanol–water partition coefficient (Wildman–Crippen LogP) is 3.86. The fourth-order valence-electron chi connectivity index (χ4n) is 1.89. The Morgan fingerprint density at radius 1 is 1.21 bits per heavy atom. The number of esters is 1. The largest absolute Gasteiger partial charge is 0.461 e. The second-order valence-electron chi connectivity index (χ2n) is 5.08. The number of aliphatic hydroxyl groups excluding tert-OH is 1. The Labute approximate surface area is 139 Å². The molecular formula is C19H17FO4. The van der Waals surface area contributed by atoms with Crippen molar-refractivity contribution in [3.63, 3.8) is 0 Å². The first-order valence-corrected chi connectivity index (χ1v) is 7.15. The van der Waals surface area contributed by atoms with Gasteiger partial charge in [-0.2, -0.15) is 0 Å². The van der Waals surface area contributed by atoms with Gasteiger partial charge in [0.05, 0.1) is 0 Å². The van der Waals surface area contributed by atoms with Gasteiger partial charge in [-0.05, 0) is 42.8 Å². The molecule has 2 aromatic carbocycles. The topological polar surface area (TPSA) is 55.8 Å². The first-order valence-electron chi connectivity index (χ1n) is 7.15. The first-order chi connectivity index (χ1) is 11.4. The molecule has 0 aromatic heterocycles. The highest BCUT2D eigenvalue weighted by atomic mass is 19.1. The Hall–Kier alpha value is -2.92. The summed E-state index contributed by atoms with van der Waals surface area (Å²) >= 11 is 0. The standard InChI is InChI=1S/C19H17FO4/c1-4-18(21)23-14-7-5-13(6-8-14)16-10-9-15(11-17(16)20)24-19(22)12(2)3/h4-11,18,21H,1-2H2,3H3. The predicted molar refractivity (Wildman–Crippen MR) is 89.1 cm³/mol. The zero-order valence-electron chi connectivity index (χ0n) is 13.2. The number of ether oxygens (including phenoxy) is 2. The van der Waals surface area contributed by atoms with E-state index in [-0.39, 0.29) is 11.3 Å². The molecule has 1 N–H and O–H groups in total. The van der Waals surface area contributed by atoms with Crippen LogP contribution in [0.4, 0.5) is 4.39 Å². The van der Waals surface area contributed by atoms with Gasteiger partial charge in [-0.1, -0.05) is 25.3 Å². The van der Waals surface area contributed by atoms with Gasteiger partial charge in [-0.25, -0.2) is 9.18 Å². The van der Waals surface area contributed by atoms with Crippen LogP contribution in [-0.4, -0.2) is 17.4 Å². The van der Waals surface area contributed by atoms with E-state index in [1.54, 1.807) is 24.3 Å². The lowest BCUT2D eigenvalue weighted by Gasteiger charge is -2.11. The minimum atomic E-state index is -1.10. The first kappa shape index (κ1) is 17.4. The molecule has 4 nitrogen and oxygen atoms in total. The van der Waals surface area contributed by atoms with Crippen LogP contribution in [0.1, 0.15) is 6.92 Å². The molecule has 0 aliphatic rings. The van der Waals surface area contributed by atoms with Gasteiger partial charge in [0, 0.05) is 17.2 Å². The lowest BCUT2D eigenvalue weighted by Crippen LogP contribution is -2.10. The molecule has 5 heteroatoms. The molecule has 0 amide bonds. The molecule has 24 heavy (non-hydrogen) atoms. The van der Waals surface area contributed by atoms with Gasteiger partial charge in [0.2, 0.25) is 6.29 Å². The third-order valence-corrected chi connectivity index (χ3v) is 3.12. The van der Waals surface area contributed by atoms with Gasteiger partial charge in [-0.3, -0.25) is 0 Å². The molecule has 0 radical (unpaired) electrons. The van der Waals surface area contributed by atoms with Crippen LogP contribution >= 0.6 is 0 Å². The molecule has 0 aliphatic carbocycles. The summed E-state index contributed by atoms with van der Waals surface area (Å²) in [5.74, 6) is -0.594. The lowest BCUT2D eigenvalue weighted by molar-refractivity contribution is -0.130. The molecule has 124 valence electrons. The van der Waals surface area contributed by atoms with Gasteiger partial charge in [0.15, 0.2) is 0 Å². The minimum absolute atomic E-state index is 0.110. The summed E-state index contributed by atoms with van der Waals surface area (Å²) in [7, 11) is 0. The van der Waals surface area contributed by atoms with E-state index in [2.05, 4.69) is 13.2 Å². The number of rotatable bonds is 6. The summed E-state index contributed by atoms with van der Waals surface area (Å²) < 4.78 is 24.4. The molecule has 1 atom stereocenters. The summed E-state index contributed by atoms with van der Waals surface area (Å²) in [6.45, 7) is 8.39. The van der Waals surface area contributed by atoms with E-state index >= 15 is 0 Å². The maximum atomic E-state index is 14.3. The molecule has 1 unspecified atom stereocenters. The van der Waals surface area contributed by atoms with Gasteiger partial charge < -0.3 is 14.6 Å². The Morgan fingerprint density at radius 2 is 1.83 bits per heavy atom. The number of carbonyl (C=O) groups excluding carboxylic acids is 1. The number of carbonyl (C=O) groups is 1. The van der Waals surface area contributed by atoms with E-state index < -0.39 is 18.1 Å². The SMILES string of the molecule is C=CC(O)Oc1ccc(-c2ccc(OC(=O)C(=C)C)cc2F)cc1. The minimum Gasteiger partial charge on any atom is -0.461 e. The molecule has 2 rings (SSSR count). The fourth-order valence-corrected chi connectivity index (χ4v) is 1.89. The Balaban J connectivity index is 2.18. The summed E-state index contributed by atoms with van der Waals surface area (Å²) in [6.07, 6.45) is 0.147. The van der Waals surface area contributed by atoms with Crippen LogP contribution in [0.5, 0.6) is 11.5 Å². The molecule has 0 saturated carbocycles. The maximum Gasteiger partial charge on any atom is 0.338 e. The van der Waals surface area contributed by atoms with Crippen molar-refractivity contribution in [1.82, 2.24) is 0 Å². The van der Waals surface area contributed by atoms with Crippen LogP contribution in [0.15, 0.2) is 67.3 Å². The second-order valence-corrected chi connectivity index (χ2v) is 5.08. The maximum absolute atomic E-state index is 14.3. The van der Waals surface area contributed by atoms with Crippen molar-refractivity contribution in [3.05, 3.63) is 73.1 Å². The molecule has 0 bridgehead atoms. The van der Waals surface area contributed by atoms with Crippen LogP contribution < -0.4 is 9.47 Å². The van der Waals surface area contributed by atoms with Crippen LogP contribution in [0.3, 0.4) is 0 Å². The number of halogens is 1. The smallest absolute Gasteiger partial charge is 0.338 e. The second kappa shape index (κ2) is 7.57. The van der Waals surface area contributed by atoms with Crippen molar-refractivity contribution in [3.8, 4) is 22.6 Å². The normalized spacial score (nSPS) is 11.5. The third-order valence-electron chi connectivity index (χ3n) is 3.12. The van der Waals surface area contributed by atoms with Gasteiger partial charge >= 0.3 is 5.97 Å². The highest BCUT2D eigenvalue weighted by Gasteiger charge is 2.11. The van der Waals surface area contributed by atoms with Crippen LogP contribution in [0.25, 0.3) is 11.1 Å². The van der Waals surface area contributed by atoms with Crippen molar-refractivity contribution in [2.75, 3.05) is 0 Å². The third kappa shape index (κ3) is 4.30. The van der Waals surface area contributed by atoms with Crippen molar-refractivity contribution in [2.24, 2.45) is 0 Å². The molecule has 0 spiro atoms. The van der Waals surface area contributed by atoms with Crippen molar-refractivity contribution < 1.29 is 23.8 Å². The molecule has 0 fully saturated rings. The highest BCUT2D eigenvalue weighted by molar-refractivity contribution is 5.88. The fraction of sp³-hybridized carbons (Fsp3) is 0.105. The monoisotopic (exact) mass is 328 g/mol. The molecule has 0 aliphatic heterocycles. The summed E-state index contributed by atoms with van der Waals surface area (Å²) in [5, 5.41) is 9.34. The Morgan fingerprint density at radius 3 is 2.38 bits per heavy atom. The summed E-state index contributed by atoms with van der Waals surface area (Å²) in [4.78, 5) is 11.4. The van der Waals surface area contributed by atoms with Crippen LogP contribution in [0, 0.1) is 5.82 Å². The quantitative estimate of drug-likeness (QED) is 0.288. The Kier molecular flexibility index (Phi) is 5.50. The molecular weight excluding hydrogens is 311 g/mol. The zero-order chi connectivity index (χ0) is 17.7. The van der Waals surface area contributed by atoms with Crippen molar-refractivity contribution in [2.45, 2.75) is 13.2 Å². The van der Waals surface area contributed by atoms with Crippen molar-refractivity contribution in [1.29, 1.82) is 0 Å². The van der Waals surface area contributed by atoms with E-state index in [9.17, 15) is 14.3 Å². The van der Waals surface area contributed by atoms with E-state index in [0.717, 1.165) is 6.07 Å². The van der Waals surface area contributed by atoms with Crippen molar-refractivity contribution >= 4 is 5.97 Å². The van der Waals surface area contributed by atoms with E-state index in [0.29, 0.717) is 16.9 Å². The summed E-state index contributed by atoms with van der Waals surface area (Å²) in [5.41, 5.74) is 1.20. The number of hydrogen-bond acceptors (Lipinski definition) is 4. The van der Waals surface area contributed by atoms with Gasteiger partial charge in [-0.15, -0.1) is 0 Å². The van der Waals surface area contributed by atoms with Gasteiger partial charge in [0.1, 0.15) is 17.3 Å².